The van der Waals surface area contributed by atoms with Crippen LogP contribution in [-0.2, 0) is 0 Å². The van der Waals surface area contributed by atoms with Crippen LogP contribution in [0.25, 0.3) is 0 Å². The molecule has 3 nitrogen and oxygen atoms in total. The van der Waals surface area contributed by atoms with E-state index < -0.39 is 0 Å². The van der Waals surface area contributed by atoms with Gasteiger partial charge in [0.25, 0.3) is 0 Å². The maximum Gasteiger partial charge on any atom is 0.142 e. The molecule has 1 unspecified atom stereocenters. The number of benzene rings is 1. The normalized spacial score (nSPS) is 12.2. The van der Waals surface area contributed by atoms with Crippen LogP contribution in [0.3, 0.4) is 0 Å². The maximum absolute atomic E-state index is 5.38. The smallest absolute Gasteiger partial charge is 0.142 e. The Kier molecular flexibility index (Phi) is 4.96. The molecule has 0 amide bonds. The SMILES string of the molecule is CNC(c1cc(Br)cc(Br)c1)c1ncccc1OC. The monoisotopic (exact) mass is 384 g/mol. The minimum atomic E-state index is -0.0232. The van der Waals surface area contributed by atoms with Gasteiger partial charge in [0.2, 0.25) is 0 Å². The summed E-state index contributed by atoms with van der Waals surface area (Å²) >= 11 is 7.02. The average Bonchev–Trinajstić information content (AvgIpc) is 2.39. The van der Waals surface area contributed by atoms with E-state index >= 15 is 0 Å². The lowest BCUT2D eigenvalue weighted by Gasteiger charge is -2.19. The van der Waals surface area contributed by atoms with Crippen LogP contribution in [0.1, 0.15) is 17.3 Å². The Morgan fingerprint density at radius 2 is 1.89 bits per heavy atom. The van der Waals surface area contributed by atoms with E-state index in [1.807, 2.05) is 25.2 Å². The van der Waals surface area contributed by atoms with Crippen LogP contribution in [0.2, 0.25) is 0 Å². The highest BCUT2D eigenvalue weighted by atomic mass is 79.9. The van der Waals surface area contributed by atoms with Gasteiger partial charge in [0.1, 0.15) is 11.4 Å². The lowest BCUT2D eigenvalue weighted by molar-refractivity contribution is 0.401. The van der Waals surface area contributed by atoms with Crippen molar-refractivity contribution >= 4 is 31.9 Å². The largest absolute Gasteiger partial charge is 0.495 e. The third-order valence-electron chi connectivity index (χ3n) is 2.80. The molecule has 1 N–H and O–H groups in total. The molecular formula is C14H14Br2N2O. The number of aromatic nitrogens is 1. The number of nitrogens with zero attached hydrogens (tertiary/aromatic N) is 1. The molecule has 5 heteroatoms. The highest BCUT2D eigenvalue weighted by Gasteiger charge is 2.18. The van der Waals surface area contributed by atoms with Gasteiger partial charge in [-0.1, -0.05) is 31.9 Å². The molecule has 1 heterocycles. The summed E-state index contributed by atoms with van der Waals surface area (Å²) in [5.74, 6) is 0.776. The number of halogens is 2. The first kappa shape index (κ1) is 14.5. The Morgan fingerprint density at radius 3 is 2.47 bits per heavy atom. The fourth-order valence-electron chi connectivity index (χ4n) is 2.00. The molecule has 0 spiro atoms. The molecule has 0 radical (unpaired) electrons. The fourth-order valence-corrected chi connectivity index (χ4v) is 3.32. The zero-order chi connectivity index (χ0) is 13.8. The molecule has 1 aromatic heterocycles. The second kappa shape index (κ2) is 6.50. The van der Waals surface area contributed by atoms with Crippen molar-refractivity contribution < 1.29 is 4.74 Å². The lowest BCUT2D eigenvalue weighted by Crippen LogP contribution is -2.19. The van der Waals surface area contributed by atoms with Gasteiger partial charge in [0, 0.05) is 15.1 Å². The van der Waals surface area contributed by atoms with Gasteiger partial charge in [0.15, 0.2) is 0 Å². The lowest BCUT2D eigenvalue weighted by atomic mass is 10.0. The van der Waals surface area contributed by atoms with Crippen LogP contribution >= 0.6 is 31.9 Å². The maximum atomic E-state index is 5.38. The van der Waals surface area contributed by atoms with Gasteiger partial charge in [-0.3, -0.25) is 4.98 Å². The van der Waals surface area contributed by atoms with E-state index in [1.165, 1.54) is 0 Å². The number of ether oxygens (including phenoxy) is 1. The minimum absolute atomic E-state index is 0.0232. The van der Waals surface area contributed by atoms with Crippen LogP contribution in [0.4, 0.5) is 0 Å². The van der Waals surface area contributed by atoms with E-state index in [0.29, 0.717) is 0 Å². The predicted octanol–water partition coefficient (Wildman–Crippen LogP) is 3.92. The third kappa shape index (κ3) is 3.35. The molecule has 0 saturated heterocycles. The van der Waals surface area contributed by atoms with Crippen LogP contribution in [0.15, 0.2) is 45.5 Å². The van der Waals surface area contributed by atoms with Crippen molar-refractivity contribution in [2.24, 2.45) is 0 Å². The Hall–Kier alpha value is -0.910. The molecule has 0 saturated carbocycles. The summed E-state index contributed by atoms with van der Waals surface area (Å²) < 4.78 is 7.42. The van der Waals surface area contributed by atoms with Gasteiger partial charge < -0.3 is 10.1 Å². The second-order valence-corrected chi connectivity index (χ2v) is 5.85. The quantitative estimate of drug-likeness (QED) is 0.865. The van der Waals surface area contributed by atoms with Crippen molar-refractivity contribution in [3.63, 3.8) is 0 Å². The van der Waals surface area contributed by atoms with E-state index in [-0.39, 0.29) is 6.04 Å². The zero-order valence-electron chi connectivity index (χ0n) is 10.7. The molecule has 100 valence electrons. The Balaban J connectivity index is 2.49. The Morgan fingerprint density at radius 1 is 1.21 bits per heavy atom. The molecule has 2 aromatic rings. The molecule has 19 heavy (non-hydrogen) atoms. The summed E-state index contributed by atoms with van der Waals surface area (Å²) in [6.07, 6.45) is 1.77. The van der Waals surface area contributed by atoms with Crippen LogP contribution in [0.5, 0.6) is 5.75 Å². The zero-order valence-corrected chi connectivity index (χ0v) is 13.8. The second-order valence-electron chi connectivity index (χ2n) is 4.02. The van der Waals surface area contributed by atoms with E-state index in [9.17, 15) is 0 Å². The summed E-state index contributed by atoms with van der Waals surface area (Å²) in [7, 11) is 3.57. The van der Waals surface area contributed by atoms with Gasteiger partial charge in [-0.25, -0.2) is 0 Å². The minimum Gasteiger partial charge on any atom is -0.495 e. The standard InChI is InChI=1S/C14H14Br2N2O/c1-17-13(9-6-10(15)8-11(16)7-9)14-12(19-2)4-3-5-18-14/h3-8,13,17H,1-2H3. The number of rotatable bonds is 4. The Labute approximate surface area is 129 Å². The molecule has 0 aliphatic heterocycles. The first-order chi connectivity index (χ1) is 9.15. The predicted molar refractivity (Wildman–Crippen MR) is 83.5 cm³/mol. The van der Waals surface area contributed by atoms with E-state index in [2.05, 4.69) is 54.3 Å². The number of nitrogens with one attached hydrogen (secondary N) is 1. The van der Waals surface area contributed by atoms with Crippen molar-refractivity contribution in [2.45, 2.75) is 6.04 Å². The van der Waals surface area contributed by atoms with Crippen LogP contribution < -0.4 is 10.1 Å². The molecule has 0 bridgehead atoms. The van der Waals surface area contributed by atoms with Crippen molar-refractivity contribution in [3.05, 3.63) is 56.7 Å². The summed E-state index contributed by atoms with van der Waals surface area (Å²) in [5, 5.41) is 3.28. The molecule has 0 fully saturated rings. The number of hydrogen-bond acceptors (Lipinski definition) is 3. The highest BCUT2D eigenvalue weighted by molar-refractivity contribution is 9.11. The summed E-state index contributed by atoms with van der Waals surface area (Å²) in [6.45, 7) is 0. The van der Waals surface area contributed by atoms with Crippen molar-refractivity contribution in [2.75, 3.05) is 14.2 Å². The molecule has 0 aliphatic rings. The summed E-state index contributed by atoms with van der Waals surface area (Å²) in [5.41, 5.74) is 1.98. The summed E-state index contributed by atoms with van der Waals surface area (Å²) in [6, 6.07) is 9.90. The van der Waals surface area contributed by atoms with E-state index in [0.717, 1.165) is 26.0 Å². The van der Waals surface area contributed by atoms with Gasteiger partial charge >= 0.3 is 0 Å². The Bertz CT molecular complexity index is 555. The highest BCUT2D eigenvalue weighted by Crippen LogP contribution is 2.31. The van der Waals surface area contributed by atoms with Crippen LogP contribution in [0, 0.1) is 0 Å². The number of pyridine rings is 1. The van der Waals surface area contributed by atoms with Gasteiger partial charge in [0.05, 0.1) is 13.2 Å². The molecule has 1 aromatic carbocycles. The summed E-state index contributed by atoms with van der Waals surface area (Å²) in [4.78, 5) is 4.44. The molecule has 0 aliphatic carbocycles. The molecular weight excluding hydrogens is 372 g/mol. The number of hydrogen-bond donors (Lipinski definition) is 1. The van der Waals surface area contributed by atoms with Crippen molar-refractivity contribution in [1.29, 1.82) is 0 Å². The topological polar surface area (TPSA) is 34.2 Å². The number of methoxy groups -OCH3 is 1. The van der Waals surface area contributed by atoms with E-state index in [4.69, 9.17) is 4.74 Å². The van der Waals surface area contributed by atoms with Gasteiger partial charge in [-0.15, -0.1) is 0 Å². The average molecular weight is 386 g/mol. The van der Waals surface area contributed by atoms with Gasteiger partial charge in [-0.2, -0.15) is 0 Å². The van der Waals surface area contributed by atoms with E-state index in [1.54, 1.807) is 13.3 Å². The van der Waals surface area contributed by atoms with Crippen LogP contribution in [-0.4, -0.2) is 19.1 Å². The molecule has 2 rings (SSSR count). The first-order valence-electron chi connectivity index (χ1n) is 5.78. The first-order valence-corrected chi connectivity index (χ1v) is 7.36. The van der Waals surface area contributed by atoms with Gasteiger partial charge in [-0.05, 0) is 42.9 Å². The molecule has 1 atom stereocenters. The van der Waals surface area contributed by atoms with Crippen molar-refractivity contribution in [3.8, 4) is 5.75 Å². The third-order valence-corrected chi connectivity index (χ3v) is 3.72. The van der Waals surface area contributed by atoms with Crippen molar-refractivity contribution in [1.82, 2.24) is 10.3 Å². The fraction of sp³-hybridized carbons (Fsp3) is 0.214.